The Bertz CT molecular complexity index is 1080. The maximum absolute atomic E-state index is 13.8. The third kappa shape index (κ3) is 5.05. The topological polar surface area (TPSA) is 102 Å². The van der Waals surface area contributed by atoms with Crippen molar-refractivity contribution in [2.24, 2.45) is 5.14 Å². The quantitative estimate of drug-likeness (QED) is 0.634. The highest BCUT2D eigenvalue weighted by atomic mass is 32.2. The highest BCUT2D eigenvalue weighted by Gasteiger charge is 2.11. The van der Waals surface area contributed by atoms with Crippen molar-refractivity contribution in [2.75, 3.05) is 0 Å². The predicted octanol–water partition coefficient (Wildman–Crippen LogP) is 2.98. The van der Waals surface area contributed by atoms with Crippen LogP contribution in [0.1, 0.15) is 17.7 Å². The number of rotatable bonds is 7. The average molecular weight is 402 g/mol. The second kappa shape index (κ2) is 8.37. The lowest BCUT2D eigenvalue weighted by Crippen LogP contribution is -2.23. The van der Waals surface area contributed by atoms with E-state index in [1.165, 1.54) is 18.2 Å². The Balaban J connectivity index is 1.50. The molecule has 0 atom stereocenters. The Morgan fingerprint density at radius 1 is 1.04 bits per heavy atom. The van der Waals surface area contributed by atoms with Gasteiger partial charge < -0.3 is 9.73 Å². The van der Waals surface area contributed by atoms with Crippen LogP contribution in [0.25, 0.3) is 11.3 Å². The van der Waals surface area contributed by atoms with Crippen LogP contribution in [0.3, 0.4) is 0 Å². The Morgan fingerprint density at radius 2 is 1.75 bits per heavy atom. The fourth-order valence-electron chi connectivity index (χ4n) is 2.64. The lowest BCUT2D eigenvalue weighted by atomic mass is 10.1. The van der Waals surface area contributed by atoms with Gasteiger partial charge in [0.1, 0.15) is 17.3 Å². The highest BCUT2D eigenvalue weighted by Crippen LogP contribution is 2.25. The van der Waals surface area contributed by atoms with Crippen LogP contribution >= 0.6 is 0 Å². The minimum Gasteiger partial charge on any atom is -0.461 e. The molecule has 0 aliphatic heterocycles. The molecule has 3 rings (SSSR count). The second-order valence-corrected chi connectivity index (χ2v) is 7.77. The van der Waals surface area contributed by atoms with Crippen LogP contribution in [0.15, 0.2) is 70.0 Å². The van der Waals surface area contributed by atoms with Crippen molar-refractivity contribution < 1.29 is 22.0 Å². The van der Waals surface area contributed by atoms with E-state index in [1.807, 2.05) is 0 Å². The molecule has 1 amide bonds. The molecule has 0 aliphatic carbocycles. The molecule has 1 heterocycles. The second-order valence-electron chi connectivity index (χ2n) is 6.21. The van der Waals surface area contributed by atoms with Crippen molar-refractivity contribution >= 4 is 15.9 Å². The van der Waals surface area contributed by atoms with E-state index in [1.54, 1.807) is 42.5 Å². The van der Waals surface area contributed by atoms with Crippen LogP contribution < -0.4 is 10.5 Å². The van der Waals surface area contributed by atoms with Gasteiger partial charge in [0.15, 0.2) is 0 Å². The van der Waals surface area contributed by atoms with E-state index < -0.39 is 10.0 Å². The molecular weight excluding hydrogens is 383 g/mol. The molecule has 0 aliphatic rings. The number of halogens is 1. The lowest BCUT2D eigenvalue weighted by molar-refractivity contribution is -0.121. The number of hydrogen-bond donors (Lipinski definition) is 2. The minimum atomic E-state index is -3.73. The van der Waals surface area contributed by atoms with Gasteiger partial charge in [0, 0.05) is 19.4 Å². The van der Waals surface area contributed by atoms with Crippen molar-refractivity contribution in [3.63, 3.8) is 0 Å². The molecule has 3 aromatic rings. The molecule has 0 radical (unpaired) electrons. The first-order valence-corrected chi connectivity index (χ1v) is 10.1. The van der Waals surface area contributed by atoms with Crippen molar-refractivity contribution in [3.05, 3.63) is 77.8 Å². The van der Waals surface area contributed by atoms with Gasteiger partial charge in [-0.05, 0) is 42.0 Å². The first-order valence-electron chi connectivity index (χ1n) is 8.55. The molecule has 0 bridgehead atoms. The minimum absolute atomic E-state index is 0.0195. The largest absolute Gasteiger partial charge is 0.461 e. The molecule has 3 N–H and O–H groups in total. The molecule has 146 valence electrons. The molecule has 0 saturated heterocycles. The number of carbonyl (C=O) groups is 1. The summed E-state index contributed by atoms with van der Waals surface area (Å²) in [6.45, 7) is 0.266. The number of nitrogens with one attached hydrogen (secondary N) is 1. The first-order chi connectivity index (χ1) is 13.3. The predicted molar refractivity (Wildman–Crippen MR) is 102 cm³/mol. The monoisotopic (exact) mass is 402 g/mol. The molecule has 0 spiro atoms. The molecular formula is C20H19FN2O4S. The van der Waals surface area contributed by atoms with Crippen LogP contribution in [0.5, 0.6) is 0 Å². The molecule has 0 unspecified atom stereocenters. The van der Waals surface area contributed by atoms with Crippen molar-refractivity contribution in [1.82, 2.24) is 5.32 Å². The first kappa shape index (κ1) is 19.8. The standard InChI is InChI=1S/C20H19FN2O4S/c21-18-4-2-1-3-17(18)19-11-7-15(27-19)8-12-20(24)23-13-14-5-9-16(10-6-14)28(22,25)26/h1-7,9-11H,8,12-13H2,(H,23,24)(H2,22,25,26). The molecule has 2 aromatic carbocycles. The van der Waals surface area contributed by atoms with E-state index in [2.05, 4.69) is 5.32 Å². The van der Waals surface area contributed by atoms with Gasteiger partial charge in [-0.25, -0.2) is 17.9 Å². The zero-order chi connectivity index (χ0) is 20.1. The third-order valence-corrected chi connectivity index (χ3v) is 5.07. The molecule has 8 heteroatoms. The Hall–Kier alpha value is -2.97. The summed E-state index contributed by atoms with van der Waals surface area (Å²) in [6, 6.07) is 15.7. The molecule has 0 fully saturated rings. The van der Waals surface area contributed by atoms with E-state index in [4.69, 9.17) is 9.56 Å². The van der Waals surface area contributed by atoms with Crippen LogP contribution in [0, 0.1) is 5.82 Å². The van der Waals surface area contributed by atoms with Gasteiger partial charge in [0.25, 0.3) is 0 Å². The number of nitrogens with two attached hydrogens (primary N) is 1. The van der Waals surface area contributed by atoms with Crippen LogP contribution in [-0.4, -0.2) is 14.3 Å². The summed E-state index contributed by atoms with van der Waals surface area (Å²) in [7, 11) is -3.73. The number of carbonyl (C=O) groups excluding carboxylic acids is 1. The number of hydrogen-bond acceptors (Lipinski definition) is 4. The fraction of sp³-hybridized carbons (Fsp3) is 0.150. The number of aryl methyl sites for hydroxylation is 1. The SMILES string of the molecule is NS(=O)(=O)c1ccc(CNC(=O)CCc2ccc(-c3ccccc3F)o2)cc1. The van der Waals surface area contributed by atoms with Crippen molar-refractivity contribution in [2.45, 2.75) is 24.3 Å². The zero-order valence-corrected chi connectivity index (χ0v) is 15.7. The average Bonchev–Trinajstić information content (AvgIpc) is 3.13. The fourth-order valence-corrected chi connectivity index (χ4v) is 3.16. The number of furan rings is 1. The van der Waals surface area contributed by atoms with Crippen LogP contribution in [-0.2, 0) is 27.8 Å². The number of amides is 1. The van der Waals surface area contributed by atoms with E-state index in [9.17, 15) is 17.6 Å². The summed E-state index contributed by atoms with van der Waals surface area (Å²) in [4.78, 5) is 12.0. The van der Waals surface area contributed by atoms with Gasteiger partial charge in [-0.3, -0.25) is 4.79 Å². The van der Waals surface area contributed by atoms with Crippen molar-refractivity contribution in [1.29, 1.82) is 0 Å². The summed E-state index contributed by atoms with van der Waals surface area (Å²) in [5.41, 5.74) is 1.13. The maximum Gasteiger partial charge on any atom is 0.238 e. The summed E-state index contributed by atoms with van der Waals surface area (Å²) >= 11 is 0. The van der Waals surface area contributed by atoms with Gasteiger partial charge in [-0.1, -0.05) is 24.3 Å². The Kier molecular flexibility index (Phi) is 5.91. The van der Waals surface area contributed by atoms with E-state index in [0.717, 1.165) is 5.56 Å². The van der Waals surface area contributed by atoms with Crippen molar-refractivity contribution in [3.8, 4) is 11.3 Å². The summed E-state index contributed by atoms with van der Waals surface area (Å²) in [5.74, 6) is 0.461. The molecule has 28 heavy (non-hydrogen) atoms. The van der Waals surface area contributed by atoms with Gasteiger partial charge in [0.2, 0.25) is 15.9 Å². The van der Waals surface area contributed by atoms with Gasteiger partial charge in [-0.2, -0.15) is 0 Å². The Morgan fingerprint density at radius 3 is 2.43 bits per heavy atom. The normalized spacial score (nSPS) is 11.4. The molecule has 1 aromatic heterocycles. The number of primary sulfonamides is 1. The van der Waals surface area contributed by atoms with Gasteiger partial charge >= 0.3 is 0 Å². The third-order valence-electron chi connectivity index (χ3n) is 4.14. The summed E-state index contributed by atoms with van der Waals surface area (Å²) in [6.07, 6.45) is 0.587. The lowest BCUT2D eigenvalue weighted by Gasteiger charge is -2.06. The maximum atomic E-state index is 13.8. The van der Waals surface area contributed by atoms with E-state index in [-0.39, 0.29) is 29.6 Å². The van der Waals surface area contributed by atoms with Crippen LogP contribution in [0.4, 0.5) is 4.39 Å². The molecule has 6 nitrogen and oxygen atoms in total. The van der Waals surface area contributed by atoms with Gasteiger partial charge in [-0.15, -0.1) is 0 Å². The zero-order valence-electron chi connectivity index (χ0n) is 14.9. The van der Waals surface area contributed by atoms with Crippen LogP contribution in [0.2, 0.25) is 0 Å². The Labute approximate surface area is 162 Å². The van der Waals surface area contributed by atoms with Gasteiger partial charge in [0.05, 0.1) is 10.5 Å². The number of sulfonamides is 1. The summed E-state index contributed by atoms with van der Waals surface area (Å²) in [5, 5.41) is 7.80. The highest BCUT2D eigenvalue weighted by molar-refractivity contribution is 7.89. The smallest absolute Gasteiger partial charge is 0.238 e. The number of benzene rings is 2. The van der Waals surface area contributed by atoms with E-state index in [0.29, 0.717) is 23.5 Å². The molecule has 0 saturated carbocycles. The van der Waals surface area contributed by atoms with E-state index >= 15 is 0 Å². The summed E-state index contributed by atoms with van der Waals surface area (Å²) < 4.78 is 41.8.